The van der Waals surface area contributed by atoms with Gasteiger partial charge in [0.15, 0.2) is 0 Å². The highest BCUT2D eigenvalue weighted by molar-refractivity contribution is 6.08. The molecular formula is C11H10N4. The second-order valence-corrected chi connectivity index (χ2v) is 2.86. The van der Waals surface area contributed by atoms with Crippen LogP contribution >= 0.6 is 0 Å². The van der Waals surface area contributed by atoms with E-state index in [4.69, 9.17) is 5.26 Å². The Morgan fingerprint density at radius 1 is 1.47 bits per heavy atom. The Labute approximate surface area is 88.3 Å². The van der Waals surface area contributed by atoms with Gasteiger partial charge in [-0.2, -0.15) is 5.26 Å². The lowest BCUT2D eigenvalue weighted by Crippen LogP contribution is -1.91. The van der Waals surface area contributed by atoms with Crippen molar-refractivity contribution in [2.45, 2.75) is 6.92 Å². The normalized spacial score (nSPS) is 9.87. The number of hydrogen-bond acceptors (Lipinski definition) is 4. The van der Waals surface area contributed by atoms with E-state index in [9.17, 15) is 0 Å². The fraction of sp³-hybridized carbons (Fsp3) is 0.0909. The molecule has 0 aliphatic rings. The molecule has 0 atom stereocenters. The molecule has 0 bridgehead atoms. The average Bonchev–Trinajstić information content (AvgIpc) is 2.26. The Hall–Kier alpha value is -2.28. The topological polar surface area (TPSA) is 61.9 Å². The number of aliphatic imine (C=N–C) groups is 1. The summed E-state index contributed by atoms with van der Waals surface area (Å²) in [6.45, 7) is 9.01. The van der Waals surface area contributed by atoms with E-state index < -0.39 is 0 Å². The van der Waals surface area contributed by atoms with Crippen molar-refractivity contribution in [3.05, 3.63) is 42.6 Å². The van der Waals surface area contributed by atoms with E-state index in [2.05, 4.69) is 28.1 Å². The van der Waals surface area contributed by atoms with Gasteiger partial charge in [-0.25, -0.2) is 15.0 Å². The van der Waals surface area contributed by atoms with Gasteiger partial charge in [-0.1, -0.05) is 13.2 Å². The number of aryl methyl sites for hydroxylation is 1. The first-order valence-electron chi connectivity index (χ1n) is 4.24. The summed E-state index contributed by atoms with van der Waals surface area (Å²) in [6, 6.07) is 1.82. The van der Waals surface area contributed by atoms with E-state index in [0.29, 0.717) is 11.4 Å². The number of allylic oxidation sites excluding steroid dienone is 2. The second-order valence-electron chi connectivity index (χ2n) is 2.86. The van der Waals surface area contributed by atoms with Crippen LogP contribution < -0.4 is 0 Å². The first kappa shape index (κ1) is 10.8. The van der Waals surface area contributed by atoms with Gasteiger partial charge in [-0.05, 0) is 12.5 Å². The maximum absolute atomic E-state index is 8.44. The minimum absolute atomic E-state index is 0.143. The van der Waals surface area contributed by atoms with Crippen molar-refractivity contribution in [3.63, 3.8) is 0 Å². The van der Waals surface area contributed by atoms with E-state index in [0.717, 1.165) is 5.56 Å². The van der Waals surface area contributed by atoms with Gasteiger partial charge < -0.3 is 0 Å². The van der Waals surface area contributed by atoms with Crippen LogP contribution in [0.15, 0.2) is 36.2 Å². The molecule has 0 spiro atoms. The molecule has 0 unspecified atom stereocenters. The Bertz CT molecular complexity index is 448. The molecular weight excluding hydrogens is 188 g/mol. The highest BCUT2D eigenvalue weighted by Crippen LogP contribution is 2.07. The van der Waals surface area contributed by atoms with Gasteiger partial charge in [-0.3, -0.25) is 0 Å². The van der Waals surface area contributed by atoms with Crippen LogP contribution in [0.1, 0.15) is 11.4 Å². The minimum Gasteiger partial charge on any atom is -0.246 e. The number of aromatic nitrogens is 2. The number of nitrogens with zero attached hydrogens (tertiary/aromatic N) is 4. The fourth-order valence-electron chi connectivity index (χ4n) is 0.818. The maximum atomic E-state index is 8.44. The number of nitriles is 1. The molecule has 0 N–H and O–H groups in total. The average molecular weight is 198 g/mol. The van der Waals surface area contributed by atoms with Gasteiger partial charge in [0.2, 0.25) is 0 Å². The van der Waals surface area contributed by atoms with Crippen LogP contribution in [0.3, 0.4) is 0 Å². The summed E-state index contributed by atoms with van der Waals surface area (Å²) in [6.07, 6.45) is 4.79. The molecule has 4 nitrogen and oxygen atoms in total. The summed E-state index contributed by atoms with van der Waals surface area (Å²) in [5.74, 6) is 0.699. The van der Waals surface area contributed by atoms with Crippen molar-refractivity contribution in [2.24, 2.45) is 4.99 Å². The van der Waals surface area contributed by atoms with Crippen LogP contribution in [-0.4, -0.2) is 16.2 Å². The highest BCUT2D eigenvalue weighted by Gasteiger charge is 1.96. The molecule has 0 saturated carbocycles. The molecule has 0 amide bonds. The number of hydrogen-bond donors (Lipinski definition) is 0. The largest absolute Gasteiger partial charge is 0.246 e. The van der Waals surface area contributed by atoms with Crippen LogP contribution in [0.5, 0.6) is 0 Å². The summed E-state index contributed by atoms with van der Waals surface area (Å²) in [7, 11) is 0. The van der Waals surface area contributed by atoms with Crippen LogP contribution in [-0.2, 0) is 0 Å². The Kier molecular flexibility index (Phi) is 3.47. The first-order valence-corrected chi connectivity index (χ1v) is 4.24. The van der Waals surface area contributed by atoms with Crippen LogP contribution in [0, 0.1) is 18.3 Å². The predicted molar refractivity (Wildman–Crippen MR) is 59.0 cm³/mol. The molecule has 0 aromatic carbocycles. The lowest BCUT2D eigenvalue weighted by molar-refractivity contribution is 1.05. The first-order chi connectivity index (χ1) is 7.13. The van der Waals surface area contributed by atoms with Crippen LogP contribution in [0.25, 0.3) is 5.57 Å². The quantitative estimate of drug-likeness (QED) is 0.550. The second kappa shape index (κ2) is 4.82. The van der Waals surface area contributed by atoms with Gasteiger partial charge in [0.25, 0.3) is 0 Å². The van der Waals surface area contributed by atoms with Crippen LogP contribution in [0.4, 0.5) is 0 Å². The summed E-state index contributed by atoms with van der Waals surface area (Å²) in [5.41, 5.74) is 1.56. The van der Waals surface area contributed by atoms with Crippen molar-refractivity contribution in [2.75, 3.05) is 0 Å². The lowest BCUT2D eigenvalue weighted by Gasteiger charge is -1.98. The highest BCUT2D eigenvalue weighted by atomic mass is 14.8. The van der Waals surface area contributed by atoms with Gasteiger partial charge in [-0.15, -0.1) is 0 Å². The predicted octanol–water partition coefficient (Wildman–Crippen LogP) is 1.91. The van der Waals surface area contributed by atoms with Gasteiger partial charge in [0, 0.05) is 24.2 Å². The molecule has 1 rings (SSSR count). The third-order valence-corrected chi connectivity index (χ3v) is 1.66. The van der Waals surface area contributed by atoms with Gasteiger partial charge >= 0.3 is 0 Å². The van der Waals surface area contributed by atoms with E-state index in [1.165, 1.54) is 6.21 Å². The molecule has 0 aliphatic heterocycles. The zero-order valence-electron chi connectivity index (χ0n) is 8.44. The SMILES string of the molecule is C=C(C#N)/N=C/C(=C)c1cnc(C)nc1. The van der Waals surface area contributed by atoms with E-state index >= 15 is 0 Å². The summed E-state index contributed by atoms with van der Waals surface area (Å²) in [4.78, 5) is 11.9. The van der Waals surface area contributed by atoms with E-state index in [1.807, 2.05) is 6.07 Å². The molecule has 1 aromatic heterocycles. The van der Waals surface area contributed by atoms with Crippen molar-refractivity contribution in [1.29, 1.82) is 5.26 Å². The maximum Gasteiger partial charge on any atom is 0.133 e. The molecule has 0 fully saturated rings. The van der Waals surface area contributed by atoms with Gasteiger partial charge in [0.1, 0.15) is 17.6 Å². The van der Waals surface area contributed by atoms with E-state index in [1.54, 1.807) is 19.3 Å². The third-order valence-electron chi connectivity index (χ3n) is 1.66. The van der Waals surface area contributed by atoms with E-state index in [-0.39, 0.29) is 5.70 Å². The van der Waals surface area contributed by atoms with Crippen molar-refractivity contribution < 1.29 is 0 Å². The smallest absolute Gasteiger partial charge is 0.133 e. The zero-order chi connectivity index (χ0) is 11.3. The standard InChI is InChI=1S/C11H10N4/c1-8(5-13-9(2)4-12)11-6-14-10(3)15-7-11/h5-7H,1-2H2,3H3/b13-5+. The summed E-state index contributed by atoms with van der Waals surface area (Å²) < 4.78 is 0. The molecule has 4 heteroatoms. The van der Waals surface area contributed by atoms with Gasteiger partial charge in [0.05, 0.1) is 0 Å². The fourth-order valence-corrected chi connectivity index (χ4v) is 0.818. The lowest BCUT2D eigenvalue weighted by atomic mass is 10.2. The van der Waals surface area contributed by atoms with Crippen molar-refractivity contribution in [1.82, 2.24) is 9.97 Å². The molecule has 1 heterocycles. The third kappa shape index (κ3) is 3.16. The number of rotatable bonds is 3. The van der Waals surface area contributed by atoms with Crippen molar-refractivity contribution >= 4 is 11.8 Å². The Morgan fingerprint density at radius 3 is 2.60 bits per heavy atom. The molecule has 74 valence electrons. The van der Waals surface area contributed by atoms with Crippen LogP contribution in [0.2, 0.25) is 0 Å². The Morgan fingerprint density at radius 2 is 2.07 bits per heavy atom. The monoisotopic (exact) mass is 198 g/mol. The summed E-state index contributed by atoms with van der Waals surface area (Å²) in [5, 5.41) is 8.44. The molecule has 1 aromatic rings. The minimum atomic E-state index is 0.143. The zero-order valence-corrected chi connectivity index (χ0v) is 8.44. The molecule has 0 saturated heterocycles. The van der Waals surface area contributed by atoms with Crippen molar-refractivity contribution in [3.8, 4) is 6.07 Å². The molecule has 0 radical (unpaired) electrons. The molecule has 15 heavy (non-hydrogen) atoms. The molecule has 0 aliphatic carbocycles. The summed E-state index contributed by atoms with van der Waals surface area (Å²) >= 11 is 0. The Balaban J connectivity index is 2.79.